The molecule has 0 fully saturated rings. The van der Waals surface area contributed by atoms with Crippen LogP contribution in [0.3, 0.4) is 0 Å². The summed E-state index contributed by atoms with van der Waals surface area (Å²) in [6, 6.07) is 15.1. The fourth-order valence-electron chi connectivity index (χ4n) is 3.27. The van der Waals surface area contributed by atoms with Gasteiger partial charge in [0, 0.05) is 18.7 Å². The number of likely N-dealkylation sites (N-methyl/N-ethyl adjacent to an activating group) is 1. The SMILES string of the molecule is CCN(CC)C(=O)[C@H](OC(=O)CN1C(=O)c2ccccc2C1=O)c1ccccc1. The van der Waals surface area contributed by atoms with E-state index in [9.17, 15) is 19.2 Å². The number of carbonyl (C=O) groups is 4. The van der Waals surface area contributed by atoms with Crippen LogP contribution in [0.25, 0.3) is 0 Å². The first-order valence-corrected chi connectivity index (χ1v) is 9.46. The van der Waals surface area contributed by atoms with Gasteiger partial charge in [0.25, 0.3) is 17.7 Å². The molecule has 1 atom stereocenters. The summed E-state index contributed by atoms with van der Waals surface area (Å²) >= 11 is 0. The minimum absolute atomic E-state index is 0.254. The molecule has 2 aromatic rings. The first-order chi connectivity index (χ1) is 14.0. The molecule has 0 saturated heterocycles. The van der Waals surface area contributed by atoms with Gasteiger partial charge in [0.1, 0.15) is 6.54 Å². The standard InChI is InChI=1S/C22H22N2O5/c1-3-23(4-2)22(28)19(15-10-6-5-7-11-15)29-18(25)14-24-20(26)16-12-8-9-13-17(16)21(24)27/h5-13,19H,3-4,14H2,1-2H3/t19-/m1/s1. The highest BCUT2D eigenvalue weighted by molar-refractivity contribution is 6.22. The summed E-state index contributed by atoms with van der Waals surface area (Å²) in [5.74, 6) is -2.27. The van der Waals surface area contributed by atoms with Gasteiger partial charge in [-0.05, 0) is 26.0 Å². The van der Waals surface area contributed by atoms with Gasteiger partial charge in [-0.3, -0.25) is 24.1 Å². The average molecular weight is 394 g/mol. The van der Waals surface area contributed by atoms with E-state index in [0.717, 1.165) is 4.90 Å². The number of rotatable bonds is 7. The van der Waals surface area contributed by atoms with E-state index in [4.69, 9.17) is 4.74 Å². The lowest BCUT2D eigenvalue weighted by molar-refractivity contribution is -0.160. The van der Waals surface area contributed by atoms with E-state index >= 15 is 0 Å². The summed E-state index contributed by atoms with van der Waals surface area (Å²) < 4.78 is 5.46. The minimum Gasteiger partial charge on any atom is -0.446 e. The fourth-order valence-corrected chi connectivity index (χ4v) is 3.27. The molecule has 0 aliphatic carbocycles. The maximum Gasteiger partial charge on any atom is 0.327 e. The van der Waals surface area contributed by atoms with Crippen molar-refractivity contribution >= 4 is 23.7 Å². The number of esters is 1. The first kappa shape index (κ1) is 20.3. The second-order valence-corrected chi connectivity index (χ2v) is 6.53. The van der Waals surface area contributed by atoms with Gasteiger partial charge in [-0.1, -0.05) is 42.5 Å². The molecular weight excluding hydrogens is 372 g/mol. The van der Waals surface area contributed by atoms with E-state index in [1.54, 1.807) is 47.4 Å². The van der Waals surface area contributed by atoms with Crippen LogP contribution in [0.2, 0.25) is 0 Å². The van der Waals surface area contributed by atoms with E-state index in [0.29, 0.717) is 18.7 Å². The largest absolute Gasteiger partial charge is 0.446 e. The third-order valence-corrected chi connectivity index (χ3v) is 4.82. The van der Waals surface area contributed by atoms with Crippen LogP contribution in [0.1, 0.15) is 46.2 Å². The van der Waals surface area contributed by atoms with Crippen LogP contribution in [-0.2, 0) is 14.3 Å². The zero-order valence-corrected chi connectivity index (χ0v) is 16.3. The number of nitrogens with zero attached hydrogens (tertiary/aromatic N) is 2. The van der Waals surface area contributed by atoms with Crippen molar-refractivity contribution in [2.24, 2.45) is 0 Å². The number of imide groups is 1. The van der Waals surface area contributed by atoms with Crippen molar-refractivity contribution in [1.29, 1.82) is 0 Å². The second kappa shape index (κ2) is 8.68. The Balaban J connectivity index is 1.78. The van der Waals surface area contributed by atoms with Crippen molar-refractivity contribution in [2.75, 3.05) is 19.6 Å². The molecular formula is C22H22N2O5. The molecule has 1 heterocycles. The Morgan fingerprint density at radius 3 is 1.93 bits per heavy atom. The number of fused-ring (bicyclic) bond motifs is 1. The molecule has 3 amide bonds. The molecule has 0 spiro atoms. The molecule has 2 aromatic carbocycles. The molecule has 7 nitrogen and oxygen atoms in total. The van der Waals surface area contributed by atoms with Crippen molar-refractivity contribution < 1.29 is 23.9 Å². The number of ether oxygens (including phenoxy) is 1. The van der Waals surface area contributed by atoms with E-state index in [2.05, 4.69) is 0 Å². The Bertz CT molecular complexity index is 902. The molecule has 29 heavy (non-hydrogen) atoms. The monoisotopic (exact) mass is 394 g/mol. The van der Waals surface area contributed by atoms with Crippen LogP contribution in [-0.4, -0.2) is 53.1 Å². The lowest BCUT2D eigenvalue weighted by Gasteiger charge is -2.26. The Hall–Kier alpha value is -3.48. The first-order valence-electron chi connectivity index (χ1n) is 9.46. The van der Waals surface area contributed by atoms with Crippen LogP contribution in [0.15, 0.2) is 54.6 Å². The molecule has 0 saturated carbocycles. The Labute approximate surface area is 168 Å². The third-order valence-electron chi connectivity index (χ3n) is 4.82. The molecule has 0 N–H and O–H groups in total. The number of hydrogen-bond donors (Lipinski definition) is 0. The lowest BCUT2D eigenvalue weighted by Crippen LogP contribution is -2.40. The molecule has 3 rings (SSSR count). The normalized spacial score (nSPS) is 13.8. The van der Waals surface area contributed by atoms with Crippen molar-refractivity contribution in [3.05, 3.63) is 71.3 Å². The minimum atomic E-state index is -1.14. The smallest absolute Gasteiger partial charge is 0.327 e. The Morgan fingerprint density at radius 2 is 1.41 bits per heavy atom. The molecule has 150 valence electrons. The summed E-state index contributed by atoms with van der Waals surface area (Å²) in [5, 5.41) is 0. The number of carbonyl (C=O) groups excluding carboxylic acids is 4. The highest BCUT2D eigenvalue weighted by Gasteiger charge is 2.37. The molecule has 1 aliphatic rings. The van der Waals surface area contributed by atoms with Crippen molar-refractivity contribution in [3.63, 3.8) is 0 Å². The molecule has 7 heteroatoms. The van der Waals surface area contributed by atoms with Crippen LogP contribution in [0.4, 0.5) is 0 Å². The van der Waals surface area contributed by atoms with E-state index in [-0.39, 0.29) is 17.0 Å². The summed E-state index contributed by atoms with van der Waals surface area (Å²) in [6.45, 7) is 4.05. The van der Waals surface area contributed by atoms with E-state index < -0.39 is 30.4 Å². The number of benzene rings is 2. The van der Waals surface area contributed by atoms with Crippen molar-refractivity contribution in [3.8, 4) is 0 Å². The van der Waals surface area contributed by atoms with Gasteiger partial charge in [0.15, 0.2) is 0 Å². The lowest BCUT2D eigenvalue weighted by atomic mass is 10.1. The van der Waals surface area contributed by atoms with Crippen molar-refractivity contribution in [2.45, 2.75) is 20.0 Å². The van der Waals surface area contributed by atoms with Gasteiger partial charge in [-0.2, -0.15) is 0 Å². The summed E-state index contributed by atoms with van der Waals surface area (Å²) in [6.07, 6.45) is -1.14. The highest BCUT2D eigenvalue weighted by atomic mass is 16.5. The molecule has 0 aromatic heterocycles. The van der Waals surface area contributed by atoms with Gasteiger partial charge >= 0.3 is 5.97 Å². The maximum atomic E-state index is 12.9. The topological polar surface area (TPSA) is 84.0 Å². The number of amides is 3. The molecule has 1 aliphatic heterocycles. The van der Waals surface area contributed by atoms with E-state index in [1.165, 1.54) is 12.1 Å². The zero-order chi connectivity index (χ0) is 21.0. The van der Waals surface area contributed by atoms with Gasteiger partial charge in [0.2, 0.25) is 6.10 Å². The van der Waals surface area contributed by atoms with Crippen molar-refractivity contribution in [1.82, 2.24) is 9.80 Å². The second-order valence-electron chi connectivity index (χ2n) is 6.53. The van der Waals surface area contributed by atoms with Gasteiger partial charge in [0.05, 0.1) is 11.1 Å². The predicted octanol–water partition coefficient (Wildman–Crippen LogP) is 2.44. The van der Waals surface area contributed by atoms with Gasteiger partial charge in [-0.25, -0.2) is 0 Å². The quantitative estimate of drug-likeness (QED) is 0.532. The van der Waals surface area contributed by atoms with E-state index in [1.807, 2.05) is 13.8 Å². The molecule has 0 radical (unpaired) electrons. The Morgan fingerprint density at radius 1 is 0.897 bits per heavy atom. The zero-order valence-electron chi connectivity index (χ0n) is 16.3. The van der Waals surface area contributed by atoms with Crippen LogP contribution < -0.4 is 0 Å². The number of hydrogen-bond acceptors (Lipinski definition) is 5. The van der Waals surface area contributed by atoms with Crippen LogP contribution in [0.5, 0.6) is 0 Å². The van der Waals surface area contributed by atoms with Gasteiger partial charge < -0.3 is 9.64 Å². The van der Waals surface area contributed by atoms with Gasteiger partial charge in [-0.15, -0.1) is 0 Å². The maximum absolute atomic E-state index is 12.9. The molecule has 0 bridgehead atoms. The Kier molecular flexibility index (Phi) is 6.07. The van der Waals surface area contributed by atoms with Crippen LogP contribution >= 0.6 is 0 Å². The summed E-state index contributed by atoms with van der Waals surface area (Å²) in [5.41, 5.74) is 1.04. The third kappa shape index (κ3) is 4.03. The fraction of sp³-hybridized carbons (Fsp3) is 0.273. The summed E-state index contributed by atoms with van der Waals surface area (Å²) in [4.78, 5) is 52.8. The highest BCUT2D eigenvalue weighted by Crippen LogP contribution is 2.24. The van der Waals surface area contributed by atoms with Crippen LogP contribution in [0, 0.1) is 0 Å². The molecule has 0 unspecified atom stereocenters. The average Bonchev–Trinajstić information content (AvgIpc) is 2.98. The predicted molar refractivity (Wildman–Crippen MR) is 105 cm³/mol. The summed E-state index contributed by atoms with van der Waals surface area (Å²) in [7, 11) is 0.